The van der Waals surface area contributed by atoms with E-state index in [0.29, 0.717) is 20.9 Å². The molecule has 0 aromatic heterocycles. The van der Waals surface area contributed by atoms with E-state index in [0.717, 1.165) is 0 Å². The van der Waals surface area contributed by atoms with Crippen LogP contribution in [-0.2, 0) is 4.79 Å². The van der Waals surface area contributed by atoms with Gasteiger partial charge in [-0.3, -0.25) is 4.79 Å². The number of rotatable bonds is 4. The molecule has 0 aliphatic carbocycles. The van der Waals surface area contributed by atoms with Crippen molar-refractivity contribution in [3.63, 3.8) is 0 Å². The summed E-state index contributed by atoms with van der Waals surface area (Å²) < 4.78 is 5.82. The fourth-order valence-electron chi connectivity index (χ4n) is 1.72. The summed E-state index contributed by atoms with van der Waals surface area (Å²) in [5.74, 6) is 0.0816. The van der Waals surface area contributed by atoms with Gasteiger partial charge in [0.2, 0.25) is 5.91 Å². The molecular formula is C16H14BrClN2O3. The number of nitrogens with one attached hydrogen (secondary N) is 1. The van der Waals surface area contributed by atoms with Crippen molar-refractivity contribution in [2.45, 2.75) is 0 Å². The molecule has 0 bridgehead atoms. The minimum atomic E-state index is -0.608. The number of nitrogens with zero attached hydrogens (tertiary/aromatic N) is 1. The minimum absolute atomic E-state index is 0.133. The van der Waals surface area contributed by atoms with Crippen LogP contribution in [0.25, 0.3) is 0 Å². The van der Waals surface area contributed by atoms with Crippen LogP contribution in [0.2, 0.25) is 5.02 Å². The lowest BCUT2D eigenvalue weighted by molar-refractivity contribution is -0.116. The zero-order chi connectivity index (χ0) is 16.8. The molecule has 0 saturated heterocycles. The molecule has 2 amide bonds. The van der Waals surface area contributed by atoms with Gasteiger partial charge in [-0.15, -0.1) is 0 Å². The van der Waals surface area contributed by atoms with Crippen molar-refractivity contribution in [2.24, 2.45) is 0 Å². The van der Waals surface area contributed by atoms with Crippen LogP contribution in [0.3, 0.4) is 0 Å². The van der Waals surface area contributed by atoms with Gasteiger partial charge in [0.05, 0.1) is 5.02 Å². The van der Waals surface area contributed by atoms with E-state index in [1.54, 1.807) is 42.5 Å². The first-order valence-corrected chi connectivity index (χ1v) is 7.85. The third kappa shape index (κ3) is 5.26. The van der Waals surface area contributed by atoms with E-state index in [2.05, 4.69) is 21.2 Å². The van der Waals surface area contributed by atoms with Crippen LogP contribution >= 0.6 is 27.5 Å². The summed E-state index contributed by atoms with van der Waals surface area (Å²) in [6.07, 6.45) is -0.608. The Morgan fingerprint density at radius 1 is 1.22 bits per heavy atom. The lowest BCUT2D eigenvalue weighted by atomic mass is 10.3. The topological polar surface area (TPSA) is 58.6 Å². The van der Waals surface area contributed by atoms with Gasteiger partial charge in [0.1, 0.15) is 12.3 Å². The van der Waals surface area contributed by atoms with Gasteiger partial charge < -0.3 is 15.0 Å². The molecule has 0 fully saturated rings. The highest BCUT2D eigenvalue weighted by Gasteiger charge is 2.15. The Morgan fingerprint density at radius 2 is 1.91 bits per heavy atom. The number of para-hydroxylation sites is 1. The number of anilines is 1. The Bertz CT molecular complexity index is 710. The van der Waals surface area contributed by atoms with Crippen LogP contribution in [0, 0.1) is 0 Å². The van der Waals surface area contributed by atoms with Gasteiger partial charge in [-0.05, 0) is 46.3 Å². The summed E-state index contributed by atoms with van der Waals surface area (Å²) in [6, 6.07) is 13.7. The fourth-order valence-corrected chi connectivity index (χ4v) is 2.22. The van der Waals surface area contributed by atoms with Crippen molar-refractivity contribution in [3.8, 4) is 5.75 Å². The van der Waals surface area contributed by atoms with Crippen LogP contribution in [-0.4, -0.2) is 30.5 Å². The average molecular weight is 398 g/mol. The Labute approximate surface area is 147 Å². The number of halogens is 2. The summed E-state index contributed by atoms with van der Waals surface area (Å²) in [5, 5.41) is 3.23. The summed E-state index contributed by atoms with van der Waals surface area (Å²) in [6.45, 7) is -0.133. The second-order valence-electron chi connectivity index (χ2n) is 4.71. The number of benzene rings is 2. The quantitative estimate of drug-likeness (QED) is 0.842. The predicted octanol–water partition coefficient (Wildman–Crippen LogP) is 4.17. The van der Waals surface area contributed by atoms with Crippen molar-refractivity contribution in [1.29, 1.82) is 0 Å². The Kier molecular flexibility index (Phi) is 6.01. The van der Waals surface area contributed by atoms with Crippen LogP contribution in [0.1, 0.15) is 0 Å². The first-order chi connectivity index (χ1) is 11.0. The molecule has 0 aliphatic heterocycles. The highest BCUT2D eigenvalue weighted by molar-refractivity contribution is 9.10. The van der Waals surface area contributed by atoms with Gasteiger partial charge in [0.15, 0.2) is 0 Å². The lowest BCUT2D eigenvalue weighted by Gasteiger charge is -2.16. The number of hydrogen-bond donors (Lipinski definition) is 1. The van der Waals surface area contributed by atoms with E-state index < -0.39 is 6.09 Å². The SMILES string of the molecule is CN(CC(=O)Nc1ccc(Cl)c(Br)c1)C(=O)Oc1ccccc1. The number of carbonyl (C=O) groups is 2. The van der Waals surface area contributed by atoms with Gasteiger partial charge in [0.25, 0.3) is 0 Å². The number of carbonyl (C=O) groups excluding carboxylic acids is 2. The Hall–Kier alpha value is -2.05. The van der Waals surface area contributed by atoms with Crippen LogP contribution in [0.5, 0.6) is 5.75 Å². The Balaban J connectivity index is 1.88. The third-order valence-electron chi connectivity index (χ3n) is 2.84. The number of amides is 2. The van der Waals surface area contributed by atoms with Gasteiger partial charge in [0, 0.05) is 17.2 Å². The predicted molar refractivity (Wildman–Crippen MR) is 92.9 cm³/mol. The van der Waals surface area contributed by atoms with Gasteiger partial charge in [-0.1, -0.05) is 29.8 Å². The fraction of sp³-hybridized carbons (Fsp3) is 0.125. The molecule has 0 saturated carbocycles. The molecule has 23 heavy (non-hydrogen) atoms. The highest BCUT2D eigenvalue weighted by atomic mass is 79.9. The van der Waals surface area contributed by atoms with E-state index in [1.807, 2.05) is 6.07 Å². The normalized spacial score (nSPS) is 10.0. The largest absolute Gasteiger partial charge is 0.415 e. The van der Waals surface area contributed by atoms with Crippen molar-refractivity contribution < 1.29 is 14.3 Å². The molecule has 0 radical (unpaired) electrons. The molecule has 0 heterocycles. The second kappa shape index (κ2) is 7.99. The van der Waals surface area contributed by atoms with Gasteiger partial charge in [-0.25, -0.2) is 4.79 Å². The molecule has 120 valence electrons. The maximum atomic E-state index is 12.0. The van der Waals surface area contributed by atoms with Crippen LogP contribution < -0.4 is 10.1 Å². The molecule has 0 aliphatic rings. The first kappa shape index (κ1) is 17.3. The summed E-state index contributed by atoms with van der Waals surface area (Å²) >= 11 is 9.17. The summed E-state index contributed by atoms with van der Waals surface area (Å²) in [4.78, 5) is 25.1. The monoisotopic (exact) mass is 396 g/mol. The number of likely N-dealkylation sites (N-methyl/N-ethyl adjacent to an activating group) is 1. The van der Waals surface area contributed by atoms with Crippen molar-refractivity contribution >= 4 is 45.2 Å². The molecule has 1 N–H and O–H groups in total. The molecule has 0 spiro atoms. The maximum Gasteiger partial charge on any atom is 0.415 e. The molecule has 5 nitrogen and oxygen atoms in total. The molecule has 2 rings (SSSR count). The van der Waals surface area contributed by atoms with Crippen molar-refractivity contribution in [1.82, 2.24) is 4.90 Å². The highest BCUT2D eigenvalue weighted by Crippen LogP contribution is 2.25. The number of hydrogen-bond acceptors (Lipinski definition) is 3. The van der Waals surface area contributed by atoms with E-state index in [1.165, 1.54) is 11.9 Å². The lowest BCUT2D eigenvalue weighted by Crippen LogP contribution is -2.36. The molecule has 0 atom stereocenters. The second-order valence-corrected chi connectivity index (χ2v) is 5.98. The molecule has 2 aromatic rings. The maximum absolute atomic E-state index is 12.0. The number of ether oxygens (including phenoxy) is 1. The van der Waals surface area contributed by atoms with Crippen molar-refractivity contribution in [3.05, 3.63) is 58.0 Å². The van der Waals surface area contributed by atoms with Gasteiger partial charge >= 0.3 is 6.09 Å². The molecular weight excluding hydrogens is 384 g/mol. The van der Waals surface area contributed by atoms with E-state index >= 15 is 0 Å². The third-order valence-corrected chi connectivity index (χ3v) is 4.06. The summed E-state index contributed by atoms with van der Waals surface area (Å²) in [5.41, 5.74) is 0.580. The molecule has 7 heteroatoms. The van der Waals surface area contributed by atoms with E-state index in [-0.39, 0.29) is 12.5 Å². The smallest absolute Gasteiger partial charge is 0.410 e. The van der Waals surface area contributed by atoms with Gasteiger partial charge in [-0.2, -0.15) is 0 Å². The van der Waals surface area contributed by atoms with E-state index in [9.17, 15) is 9.59 Å². The summed E-state index contributed by atoms with van der Waals surface area (Å²) in [7, 11) is 1.49. The average Bonchev–Trinajstić information content (AvgIpc) is 2.51. The standard InChI is InChI=1S/C16H14BrClN2O3/c1-20(16(22)23-12-5-3-2-4-6-12)10-15(21)19-11-7-8-14(18)13(17)9-11/h2-9H,10H2,1H3,(H,19,21). The zero-order valence-electron chi connectivity index (χ0n) is 12.3. The molecule has 2 aromatic carbocycles. The first-order valence-electron chi connectivity index (χ1n) is 6.68. The zero-order valence-corrected chi connectivity index (χ0v) is 14.6. The Morgan fingerprint density at radius 3 is 2.57 bits per heavy atom. The van der Waals surface area contributed by atoms with Crippen LogP contribution in [0.4, 0.5) is 10.5 Å². The van der Waals surface area contributed by atoms with Crippen molar-refractivity contribution in [2.75, 3.05) is 18.9 Å². The minimum Gasteiger partial charge on any atom is -0.410 e. The van der Waals surface area contributed by atoms with E-state index in [4.69, 9.17) is 16.3 Å². The molecule has 0 unspecified atom stereocenters. The van der Waals surface area contributed by atoms with Crippen LogP contribution in [0.15, 0.2) is 53.0 Å².